The number of rotatable bonds is 5. The van der Waals surface area contributed by atoms with Gasteiger partial charge in [-0.05, 0) is 68.9 Å². The predicted molar refractivity (Wildman–Crippen MR) is 141 cm³/mol. The lowest BCUT2D eigenvalue weighted by Crippen LogP contribution is -2.43. The average Bonchev–Trinajstić information content (AvgIpc) is 3.30. The number of carbonyl (C=O) groups is 1. The van der Waals surface area contributed by atoms with Crippen LogP contribution in [0.2, 0.25) is 0 Å². The topological polar surface area (TPSA) is 85.2 Å². The van der Waals surface area contributed by atoms with Gasteiger partial charge in [0.05, 0.1) is 53.8 Å². The molecule has 1 amide bonds. The van der Waals surface area contributed by atoms with E-state index in [9.17, 15) is 18.0 Å². The number of alkyl halides is 3. The highest BCUT2D eigenvalue weighted by Crippen LogP contribution is 2.32. The van der Waals surface area contributed by atoms with Crippen LogP contribution < -0.4 is 5.32 Å². The molecule has 1 fully saturated rings. The van der Waals surface area contributed by atoms with Gasteiger partial charge < -0.3 is 10.1 Å². The molecule has 0 saturated carbocycles. The van der Waals surface area contributed by atoms with E-state index in [0.29, 0.717) is 28.6 Å². The van der Waals surface area contributed by atoms with Crippen molar-refractivity contribution < 1.29 is 22.7 Å². The van der Waals surface area contributed by atoms with Gasteiger partial charge in [-0.3, -0.25) is 14.7 Å². The van der Waals surface area contributed by atoms with Crippen LogP contribution in [0.25, 0.3) is 11.4 Å². The van der Waals surface area contributed by atoms with Gasteiger partial charge in [0.15, 0.2) is 5.82 Å². The van der Waals surface area contributed by atoms with Gasteiger partial charge in [-0.25, -0.2) is 9.67 Å². The lowest BCUT2D eigenvalue weighted by molar-refractivity contribution is -0.137. The maximum Gasteiger partial charge on any atom is 0.417 e. The number of aryl methyl sites for hydroxylation is 2. The average molecular weight is 541 g/mol. The molecule has 0 bridgehead atoms. The Kier molecular flexibility index (Phi) is 7.55. The number of halogens is 3. The maximum absolute atomic E-state index is 13.0. The molecule has 1 saturated heterocycles. The van der Waals surface area contributed by atoms with E-state index in [4.69, 9.17) is 4.74 Å². The molecule has 3 aromatic heterocycles. The first-order valence-electron chi connectivity index (χ1n) is 13.0. The number of hydrogen-bond acceptors (Lipinski definition) is 6. The Labute approximate surface area is 224 Å². The van der Waals surface area contributed by atoms with Crippen molar-refractivity contribution in [3.8, 4) is 5.82 Å². The smallest absolute Gasteiger partial charge is 0.379 e. The summed E-state index contributed by atoms with van der Waals surface area (Å²) in [5, 5.41) is 7.08. The molecule has 1 atom stereocenters. The third-order valence-electron chi connectivity index (χ3n) is 7.42. The Morgan fingerprint density at radius 3 is 2.46 bits per heavy atom. The molecule has 4 heterocycles. The molecule has 5 rings (SSSR count). The second-order valence-corrected chi connectivity index (χ2v) is 10.1. The van der Waals surface area contributed by atoms with Crippen molar-refractivity contribution in [2.75, 3.05) is 31.6 Å². The summed E-state index contributed by atoms with van der Waals surface area (Å²) in [6, 6.07) is 3.46. The van der Waals surface area contributed by atoms with Crippen molar-refractivity contribution in [2.24, 2.45) is 0 Å². The van der Waals surface area contributed by atoms with Crippen LogP contribution in [0.5, 0.6) is 0 Å². The van der Waals surface area contributed by atoms with Gasteiger partial charge >= 0.3 is 6.18 Å². The molecule has 39 heavy (non-hydrogen) atoms. The SMILES string of the molecule is Cc1cc(NC(=O)c2cnn(-c3ncc(C(F)(F)F)cc3C)c2C)cnc1C1=CCC(N2CCOCC2)CC1. The van der Waals surface area contributed by atoms with Crippen LogP contribution >= 0.6 is 0 Å². The van der Waals surface area contributed by atoms with E-state index in [-0.39, 0.29) is 11.7 Å². The fourth-order valence-corrected chi connectivity index (χ4v) is 5.28. The number of allylic oxidation sites excluding steroid dienone is 1. The van der Waals surface area contributed by atoms with Gasteiger partial charge in [-0.2, -0.15) is 18.3 Å². The van der Waals surface area contributed by atoms with Gasteiger partial charge in [-0.1, -0.05) is 6.08 Å². The van der Waals surface area contributed by atoms with Crippen LogP contribution in [0, 0.1) is 20.8 Å². The number of ether oxygens (including phenoxy) is 1. The third kappa shape index (κ3) is 5.74. The highest BCUT2D eigenvalue weighted by Gasteiger charge is 2.32. The zero-order valence-corrected chi connectivity index (χ0v) is 22.2. The minimum atomic E-state index is -4.49. The zero-order valence-electron chi connectivity index (χ0n) is 22.2. The van der Waals surface area contributed by atoms with E-state index in [0.717, 1.165) is 69.1 Å². The van der Waals surface area contributed by atoms with Gasteiger partial charge in [0.2, 0.25) is 0 Å². The van der Waals surface area contributed by atoms with Crippen molar-refractivity contribution >= 4 is 17.2 Å². The van der Waals surface area contributed by atoms with Crippen molar-refractivity contribution in [1.82, 2.24) is 24.6 Å². The largest absolute Gasteiger partial charge is 0.417 e. The first kappa shape index (κ1) is 27.0. The van der Waals surface area contributed by atoms with E-state index < -0.39 is 11.7 Å². The number of nitrogens with zero attached hydrogens (tertiary/aromatic N) is 5. The van der Waals surface area contributed by atoms with Crippen molar-refractivity contribution in [3.05, 3.63) is 70.4 Å². The zero-order chi connectivity index (χ0) is 27.7. The number of aromatic nitrogens is 4. The Hall–Kier alpha value is -3.57. The fraction of sp³-hybridized carbons (Fsp3) is 0.429. The number of hydrogen-bond donors (Lipinski definition) is 1. The molecule has 1 unspecified atom stereocenters. The lowest BCUT2D eigenvalue weighted by atomic mass is 9.90. The predicted octanol–water partition coefficient (Wildman–Crippen LogP) is 5.13. The molecule has 3 aromatic rings. The minimum Gasteiger partial charge on any atom is -0.379 e. The van der Waals surface area contributed by atoms with Gasteiger partial charge in [-0.15, -0.1) is 0 Å². The number of amides is 1. The van der Waals surface area contributed by atoms with Crippen LogP contribution in [0.15, 0.2) is 36.8 Å². The number of nitrogens with one attached hydrogen (secondary N) is 1. The summed E-state index contributed by atoms with van der Waals surface area (Å²) >= 11 is 0. The number of pyridine rings is 2. The number of carbonyl (C=O) groups excluding carboxylic acids is 1. The van der Waals surface area contributed by atoms with E-state index in [2.05, 4.69) is 31.4 Å². The molecule has 1 N–H and O–H groups in total. The van der Waals surface area contributed by atoms with E-state index >= 15 is 0 Å². The van der Waals surface area contributed by atoms with Crippen LogP contribution in [0.1, 0.15) is 57.7 Å². The van der Waals surface area contributed by atoms with Gasteiger partial charge in [0, 0.05) is 25.3 Å². The fourth-order valence-electron chi connectivity index (χ4n) is 5.28. The molecule has 1 aliphatic heterocycles. The third-order valence-corrected chi connectivity index (χ3v) is 7.42. The van der Waals surface area contributed by atoms with Crippen molar-refractivity contribution in [1.29, 1.82) is 0 Å². The molecule has 2 aliphatic rings. The summed E-state index contributed by atoms with van der Waals surface area (Å²) < 4.78 is 45.9. The molecular weight excluding hydrogens is 509 g/mol. The molecule has 8 nitrogen and oxygen atoms in total. The number of morpholine rings is 1. The van der Waals surface area contributed by atoms with E-state index in [1.54, 1.807) is 13.1 Å². The molecular formula is C28H31F3N6O2. The quantitative estimate of drug-likeness (QED) is 0.483. The van der Waals surface area contributed by atoms with Crippen molar-refractivity contribution in [2.45, 2.75) is 52.3 Å². The first-order valence-corrected chi connectivity index (χ1v) is 13.0. The molecule has 0 spiro atoms. The molecule has 0 aromatic carbocycles. The highest BCUT2D eigenvalue weighted by molar-refractivity contribution is 6.05. The summed E-state index contributed by atoms with van der Waals surface area (Å²) in [6.45, 7) is 8.75. The summed E-state index contributed by atoms with van der Waals surface area (Å²) in [5.74, 6) is -0.152. The normalized spacial score (nSPS) is 18.6. The Morgan fingerprint density at radius 2 is 1.82 bits per heavy atom. The van der Waals surface area contributed by atoms with Gasteiger partial charge in [0.1, 0.15) is 0 Å². The van der Waals surface area contributed by atoms with Crippen molar-refractivity contribution in [3.63, 3.8) is 0 Å². The summed E-state index contributed by atoms with van der Waals surface area (Å²) in [7, 11) is 0. The van der Waals surface area contributed by atoms with E-state index in [1.807, 2.05) is 13.0 Å². The second kappa shape index (κ2) is 10.9. The van der Waals surface area contributed by atoms with Crippen LogP contribution in [0.3, 0.4) is 0 Å². The molecule has 206 valence electrons. The van der Waals surface area contributed by atoms with Gasteiger partial charge in [0.25, 0.3) is 5.91 Å². The molecule has 1 aliphatic carbocycles. The Bertz CT molecular complexity index is 1410. The summed E-state index contributed by atoms with van der Waals surface area (Å²) in [5.41, 5.74) is 3.92. The highest BCUT2D eigenvalue weighted by atomic mass is 19.4. The van der Waals surface area contributed by atoms with Crippen LogP contribution in [0.4, 0.5) is 18.9 Å². The first-order chi connectivity index (χ1) is 18.6. The molecule has 11 heteroatoms. The Balaban J connectivity index is 1.27. The maximum atomic E-state index is 13.0. The Morgan fingerprint density at radius 1 is 1.05 bits per heavy atom. The standard InChI is InChI=1S/C28H31F3N6O2/c1-17-13-22(15-32-25(17)20-4-6-23(7-5-20)36-8-10-39-11-9-36)35-27(38)24-16-34-37(19(24)3)26-18(2)12-21(14-33-26)28(29,30)31/h4,12-16,23H,5-11H2,1-3H3,(H,35,38). The van der Waals surface area contributed by atoms with Crippen LogP contribution in [-0.4, -0.2) is 62.9 Å². The van der Waals surface area contributed by atoms with Crippen LogP contribution in [-0.2, 0) is 10.9 Å². The minimum absolute atomic E-state index is 0.234. The second-order valence-electron chi connectivity index (χ2n) is 10.1. The molecule has 0 radical (unpaired) electrons. The number of anilines is 1. The monoisotopic (exact) mass is 540 g/mol. The summed E-state index contributed by atoms with van der Waals surface area (Å²) in [6.07, 6.45) is 4.63. The summed E-state index contributed by atoms with van der Waals surface area (Å²) in [4.78, 5) is 24.2. The van der Waals surface area contributed by atoms with E-state index in [1.165, 1.54) is 23.4 Å². The lowest BCUT2D eigenvalue weighted by Gasteiger charge is -2.36.